The van der Waals surface area contributed by atoms with Crippen LogP contribution in [0, 0.1) is 0 Å². The first-order chi connectivity index (χ1) is 16.5. The standard InChI is InChI=1S/C23H24F2N6O2S/c1-2-33-16-10-8-15(9-11-16)27-23(34)30-29-22(32)17-13-26-31-19(20(24)25)12-18(28-21(17)31)14-6-4-3-5-7-14/h3-11,13,18-20,28H,2,12H2,1H3,(H,29,32)(H2,27,30,34)/t18-,19+/m1/s1. The average molecular weight is 487 g/mol. The number of alkyl halides is 2. The lowest BCUT2D eigenvalue weighted by Crippen LogP contribution is -2.44. The number of aromatic nitrogens is 2. The van der Waals surface area contributed by atoms with E-state index in [2.05, 4.69) is 26.6 Å². The fourth-order valence-electron chi connectivity index (χ4n) is 3.75. The van der Waals surface area contributed by atoms with E-state index in [9.17, 15) is 13.6 Å². The SMILES string of the molecule is CCOc1ccc(NC(=S)NNC(=O)c2cnn3c2N[C@@H](c2ccccc2)C[C@H]3C(F)F)cc1. The number of hydrogen-bond acceptors (Lipinski definition) is 5. The quantitative estimate of drug-likeness (QED) is 0.305. The van der Waals surface area contributed by atoms with E-state index in [1.807, 2.05) is 37.3 Å². The summed E-state index contributed by atoms with van der Waals surface area (Å²) in [6, 6.07) is 14.9. The fraction of sp³-hybridized carbons (Fsp3) is 0.261. The van der Waals surface area contributed by atoms with Crippen LogP contribution in [0.15, 0.2) is 60.8 Å². The van der Waals surface area contributed by atoms with E-state index in [1.54, 1.807) is 24.3 Å². The Morgan fingerprint density at radius 1 is 1.21 bits per heavy atom. The van der Waals surface area contributed by atoms with E-state index >= 15 is 0 Å². The number of halogens is 2. The smallest absolute Gasteiger partial charge is 0.275 e. The van der Waals surface area contributed by atoms with E-state index in [4.69, 9.17) is 17.0 Å². The number of carbonyl (C=O) groups excluding carboxylic acids is 1. The van der Waals surface area contributed by atoms with Gasteiger partial charge in [-0.2, -0.15) is 5.10 Å². The maximum Gasteiger partial charge on any atom is 0.275 e. The Hall–Kier alpha value is -3.73. The number of benzene rings is 2. The third-order valence-corrected chi connectivity index (χ3v) is 5.55. The molecular formula is C23H24F2N6O2S. The lowest BCUT2D eigenvalue weighted by atomic mass is 9.97. The molecule has 0 radical (unpaired) electrons. The van der Waals surface area contributed by atoms with Crippen molar-refractivity contribution >= 4 is 34.7 Å². The van der Waals surface area contributed by atoms with Crippen molar-refractivity contribution in [3.8, 4) is 5.75 Å². The molecule has 2 aromatic carbocycles. The zero-order valence-electron chi connectivity index (χ0n) is 18.3. The summed E-state index contributed by atoms with van der Waals surface area (Å²) in [4.78, 5) is 12.8. The number of anilines is 2. The zero-order chi connectivity index (χ0) is 24.1. The van der Waals surface area contributed by atoms with Crippen LogP contribution in [0.5, 0.6) is 5.75 Å². The van der Waals surface area contributed by atoms with Crippen LogP contribution in [0.4, 0.5) is 20.3 Å². The van der Waals surface area contributed by atoms with Crippen LogP contribution in [0.25, 0.3) is 0 Å². The van der Waals surface area contributed by atoms with E-state index in [0.29, 0.717) is 12.3 Å². The average Bonchev–Trinajstić information content (AvgIpc) is 3.28. The van der Waals surface area contributed by atoms with Gasteiger partial charge in [0.15, 0.2) is 5.11 Å². The maximum atomic E-state index is 13.8. The molecule has 4 rings (SSSR count). The molecule has 0 saturated heterocycles. The van der Waals surface area contributed by atoms with Gasteiger partial charge in [0.05, 0.1) is 18.8 Å². The summed E-state index contributed by atoms with van der Waals surface area (Å²) in [7, 11) is 0. The van der Waals surface area contributed by atoms with Crippen LogP contribution in [-0.4, -0.2) is 33.8 Å². The number of carbonyl (C=O) groups is 1. The number of fused-ring (bicyclic) bond motifs is 1. The Bertz CT molecular complexity index is 1140. The van der Waals surface area contributed by atoms with Crippen molar-refractivity contribution in [3.05, 3.63) is 71.9 Å². The molecule has 1 aliphatic rings. The Morgan fingerprint density at radius 3 is 2.62 bits per heavy atom. The molecule has 8 nitrogen and oxygen atoms in total. The highest BCUT2D eigenvalue weighted by molar-refractivity contribution is 7.80. The molecule has 0 unspecified atom stereocenters. The second-order valence-corrected chi connectivity index (χ2v) is 8.00. The molecule has 178 valence electrons. The monoisotopic (exact) mass is 486 g/mol. The van der Waals surface area contributed by atoms with Crippen LogP contribution < -0.4 is 26.2 Å². The molecule has 2 atom stereocenters. The third kappa shape index (κ3) is 5.25. The lowest BCUT2D eigenvalue weighted by Gasteiger charge is -2.32. The van der Waals surface area contributed by atoms with Gasteiger partial charge in [0.2, 0.25) is 0 Å². The molecule has 1 aromatic heterocycles. The largest absolute Gasteiger partial charge is 0.494 e. The number of rotatable bonds is 6. The summed E-state index contributed by atoms with van der Waals surface area (Å²) in [5.74, 6) is 0.399. The number of nitrogens with zero attached hydrogens (tertiary/aromatic N) is 2. The van der Waals surface area contributed by atoms with Gasteiger partial charge in [-0.3, -0.25) is 15.6 Å². The topological polar surface area (TPSA) is 92.2 Å². The molecule has 2 heterocycles. The molecule has 11 heteroatoms. The summed E-state index contributed by atoms with van der Waals surface area (Å²) >= 11 is 5.22. The van der Waals surface area contributed by atoms with Gasteiger partial charge in [-0.15, -0.1) is 0 Å². The number of ether oxygens (including phenoxy) is 1. The third-order valence-electron chi connectivity index (χ3n) is 5.35. The van der Waals surface area contributed by atoms with Gasteiger partial charge >= 0.3 is 0 Å². The fourth-order valence-corrected chi connectivity index (χ4v) is 3.92. The Balaban J connectivity index is 1.43. The normalized spacial score (nSPS) is 16.8. The minimum Gasteiger partial charge on any atom is -0.494 e. The van der Waals surface area contributed by atoms with Crippen molar-refractivity contribution in [1.82, 2.24) is 20.6 Å². The predicted molar refractivity (Wildman–Crippen MR) is 129 cm³/mol. The Kier molecular flexibility index (Phi) is 7.21. The minimum absolute atomic E-state index is 0.127. The van der Waals surface area contributed by atoms with Crippen molar-refractivity contribution in [1.29, 1.82) is 0 Å². The second-order valence-electron chi connectivity index (χ2n) is 7.59. The van der Waals surface area contributed by atoms with Crippen LogP contribution >= 0.6 is 12.2 Å². The molecule has 34 heavy (non-hydrogen) atoms. The molecule has 3 aromatic rings. The van der Waals surface area contributed by atoms with Gasteiger partial charge in [-0.1, -0.05) is 30.3 Å². The molecule has 0 saturated carbocycles. The van der Waals surface area contributed by atoms with Crippen molar-refractivity contribution < 1.29 is 18.3 Å². The number of thiocarbonyl (C=S) groups is 1. The van der Waals surface area contributed by atoms with Crippen LogP contribution in [0.2, 0.25) is 0 Å². The van der Waals surface area contributed by atoms with E-state index in [0.717, 1.165) is 11.3 Å². The highest BCUT2D eigenvalue weighted by Gasteiger charge is 2.36. The Morgan fingerprint density at radius 2 is 1.94 bits per heavy atom. The molecule has 4 N–H and O–H groups in total. The van der Waals surface area contributed by atoms with Crippen molar-refractivity contribution in [2.75, 3.05) is 17.2 Å². The zero-order valence-corrected chi connectivity index (χ0v) is 19.1. The van der Waals surface area contributed by atoms with E-state index in [-0.39, 0.29) is 29.0 Å². The van der Waals surface area contributed by atoms with Gasteiger partial charge in [0.25, 0.3) is 12.3 Å². The van der Waals surface area contributed by atoms with Gasteiger partial charge in [-0.05, 0) is 55.4 Å². The molecular weight excluding hydrogens is 462 g/mol. The van der Waals surface area contributed by atoms with Gasteiger partial charge in [-0.25, -0.2) is 13.5 Å². The molecule has 0 spiro atoms. The lowest BCUT2D eigenvalue weighted by molar-refractivity contribution is 0.0656. The summed E-state index contributed by atoms with van der Waals surface area (Å²) in [6.45, 7) is 2.47. The van der Waals surface area contributed by atoms with Gasteiger partial charge in [0.1, 0.15) is 23.2 Å². The molecule has 1 amide bonds. The number of hydrazine groups is 1. The number of amides is 1. The minimum atomic E-state index is -2.63. The van der Waals surface area contributed by atoms with Crippen molar-refractivity contribution in [2.45, 2.75) is 31.9 Å². The first-order valence-electron chi connectivity index (χ1n) is 10.7. The van der Waals surface area contributed by atoms with E-state index in [1.165, 1.54) is 10.9 Å². The first-order valence-corrected chi connectivity index (χ1v) is 11.1. The summed E-state index contributed by atoms with van der Waals surface area (Å²) in [5, 5.41) is 10.3. The molecule has 1 aliphatic heterocycles. The maximum absolute atomic E-state index is 13.8. The van der Waals surface area contributed by atoms with E-state index < -0.39 is 18.4 Å². The second kappa shape index (κ2) is 10.5. The summed E-state index contributed by atoms with van der Waals surface area (Å²) < 4.78 is 34.2. The van der Waals surface area contributed by atoms with Crippen molar-refractivity contribution in [2.24, 2.45) is 0 Å². The first kappa shape index (κ1) is 23.4. The highest BCUT2D eigenvalue weighted by Crippen LogP contribution is 2.39. The summed E-state index contributed by atoms with van der Waals surface area (Å²) in [5.41, 5.74) is 6.79. The molecule has 0 bridgehead atoms. The predicted octanol–water partition coefficient (Wildman–Crippen LogP) is 4.28. The van der Waals surface area contributed by atoms with Crippen LogP contribution in [-0.2, 0) is 0 Å². The summed E-state index contributed by atoms with van der Waals surface area (Å²) in [6.07, 6.45) is -1.22. The Labute approximate surface area is 200 Å². The highest BCUT2D eigenvalue weighted by atomic mass is 32.1. The number of nitrogens with one attached hydrogen (secondary N) is 4. The van der Waals surface area contributed by atoms with Gasteiger partial charge < -0.3 is 15.4 Å². The van der Waals surface area contributed by atoms with Crippen molar-refractivity contribution in [3.63, 3.8) is 0 Å². The number of hydrogen-bond donors (Lipinski definition) is 4. The van der Waals surface area contributed by atoms with Crippen LogP contribution in [0.3, 0.4) is 0 Å². The van der Waals surface area contributed by atoms with Crippen LogP contribution in [0.1, 0.15) is 41.3 Å². The molecule has 0 aliphatic carbocycles. The molecule has 0 fully saturated rings. The van der Waals surface area contributed by atoms with Gasteiger partial charge in [0, 0.05) is 5.69 Å².